The van der Waals surface area contributed by atoms with Crippen LogP contribution < -0.4 is 10.1 Å². The van der Waals surface area contributed by atoms with Gasteiger partial charge < -0.3 is 10.1 Å². The molecule has 1 heterocycles. The fraction of sp³-hybridized carbons (Fsp3) is 0.222. The average molecular weight is 232 g/mol. The maximum Gasteiger partial charge on any atom is 0.265 e. The zero-order chi connectivity index (χ0) is 10.3. The van der Waals surface area contributed by atoms with Gasteiger partial charge in [0.1, 0.15) is 0 Å². The predicted octanol–water partition coefficient (Wildman–Crippen LogP) is 2.71. The lowest BCUT2D eigenvalue weighted by Crippen LogP contribution is -2.34. The molecule has 1 unspecified atom stereocenters. The number of nitrogens with one attached hydrogen (secondary N) is 1. The fourth-order valence-corrected chi connectivity index (χ4v) is 1.78. The molecule has 0 spiro atoms. The number of hydrogen-bond donors (Lipinski definition) is 1. The molecule has 5 heteroatoms. The van der Waals surface area contributed by atoms with Gasteiger partial charge in [-0.25, -0.2) is 0 Å². The van der Waals surface area contributed by atoms with Crippen molar-refractivity contribution < 1.29 is 9.53 Å². The van der Waals surface area contributed by atoms with Gasteiger partial charge in [0.05, 0.1) is 10.7 Å². The smallest absolute Gasteiger partial charge is 0.265 e. The molecule has 2 rings (SSSR count). The Bertz CT molecular complexity index is 406. The Balaban J connectivity index is 2.51. The number of fused-ring (bicyclic) bond motifs is 1. The second-order valence-electron chi connectivity index (χ2n) is 3.01. The number of rotatable bonds is 0. The van der Waals surface area contributed by atoms with Crippen molar-refractivity contribution in [1.29, 1.82) is 0 Å². The minimum absolute atomic E-state index is 0.198. The highest BCUT2D eigenvalue weighted by Crippen LogP contribution is 2.39. The van der Waals surface area contributed by atoms with Crippen LogP contribution in [0.4, 0.5) is 5.69 Å². The van der Waals surface area contributed by atoms with Crippen LogP contribution in [0.5, 0.6) is 5.75 Å². The molecule has 0 bridgehead atoms. The summed E-state index contributed by atoms with van der Waals surface area (Å²) in [7, 11) is 0. The predicted molar refractivity (Wildman–Crippen MR) is 55.2 cm³/mol. The Kier molecular flexibility index (Phi) is 2.29. The molecule has 1 aliphatic heterocycles. The maximum absolute atomic E-state index is 11.3. The number of halogens is 2. The third-order valence-electron chi connectivity index (χ3n) is 1.93. The maximum atomic E-state index is 11.3. The van der Waals surface area contributed by atoms with Crippen molar-refractivity contribution in [2.24, 2.45) is 0 Å². The summed E-state index contributed by atoms with van der Waals surface area (Å²) in [6.07, 6.45) is -0.527. The molecule has 14 heavy (non-hydrogen) atoms. The van der Waals surface area contributed by atoms with E-state index in [-0.39, 0.29) is 5.91 Å². The van der Waals surface area contributed by atoms with Crippen LogP contribution in [-0.2, 0) is 4.79 Å². The van der Waals surface area contributed by atoms with Gasteiger partial charge in [-0.1, -0.05) is 23.2 Å². The second-order valence-corrected chi connectivity index (χ2v) is 3.86. The van der Waals surface area contributed by atoms with Gasteiger partial charge in [-0.05, 0) is 19.1 Å². The topological polar surface area (TPSA) is 38.3 Å². The van der Waals surface area contributed by atoms with Crippen molar-refractivity contribution in [1.82, 2.24) is 0 Å². The van der Waals surface area contributed by atoms with Crippen molar-refractivity contribution in [2.45, 2.75) is 13.0 Å². The summed E-state index contributed by atoms with van der Waals surface area (Å²) in [6.45, 7) is 1.66. The normalized spacial score (nSPS) is 19.6. The zero-order valence-electron chi connectivity index (χ0n) is 7.30. The van der Waals surface area contributed by atoms with Crippen LogP contribution >= 0.6 is 23.2 Å². The van der Waals surface area contributed by atoms with Crippen LogP contribution in [0.15, 0.2) is 12.1 Å². The minimum atomic E-state index is -0.527. The van der Waals surface area contributed by atoms with Crippen LogP contribution in [0.2, 0.25) is 10.0 Å². The van der Waals surface area contributed by atoms with Gasteiger partial charge in [0.15, 0.2) is 11.9 Å². The first kappa shape index (κ1) is 9.62. The summed E-state index contributed by atoms with van der Waals surface area (Å²) in [6, 6.07) is 3.18. The molecule has 3 nitrogen and oxygen atoms in total. The van der Waals surface area contributed by atoms with Crippen molar-refractivity contribution in [3.8, 4) is 5.75 Å². The first-order chi connectivity index (χ1) is 6.58. The van der Waals surface area contributed by atoms with Crippen molar-refractivity contribution in [3.05, 3.63) is 22.2 Å². The lowest BCUT2D eigenvalue weighted by molar-refractivity contribution is -0.122. The first-order valence-electron chi connectivity index (χ1n) is 4.04. The summed E-state index contributed by atoms with van der Waals surface area (Å²) in [5.41, 5.74) is 0.519. The third-order valence-corrected chi connectivity index (χ3v) is 2.43. The van der Waals surface area contributed by atoms with Crippen LogP contribution in [-0.4, -0.2) is 12.0 Å². The molecule has 74 valence electrons. The van der Waals surface area contributed by atoms with Crippen LogP contribution in [0.3, 0.4) is 0 Å². The van der Waals surface area contributed by atoms with E-state index in [2.05, 4.69) is 5.32 Å². The highest BCUT2D eigenvalue weighted by molar-refractivity contribution is 6.36. The standard InChI is InChI=1S/C9H7Cl2NO2/c1-4-9(13)12-7-3-5(10)2-6(11)8(7)14-4/h2-4H,1H3,(H,12,13). The van der Waals surface area contributed by atoms with E-state index in [0.717, 1.165) is 0 Å². The highest BCUT2D eigenvalue weighted by atomic mass is 35.5. The van der Waals surface area contributed by atoms with E-state index in [1.54, 1.807) is 19.1 Å². The van der Waals surface area contributed by atoms with Crippen molar-refractivity contribution in [3.63, 3.8) is 0 Å². The van der Waals surface area contributed by atoms with Crippen LogP contribution in [0, 0.1) is 0 Å². The quantitative estimate of drug-likeness (QED) is 0.746. The van der Waals surface area contributed by atoms with E-state index in [0.29, 0.717) is 21.5 Å². The molecular weight excluding hydrogens is 225 g/mol. The van der Waals surface area contributed by atoms with Gasteiger partial charge in [0, 0.05) is 5.02 Å². The number of ether oxygens (including phenoxy) is 1. The number of carbonyl (C=O) groups excluding carboxylic acids is 1. The minimum Gasteiger partial charge on any atom is -0.477 e. The average Bonchev–Trinajstić information content (AvgIpc) is 2.08. The number of anilines is 1. The lowest BCUT2D eigenvalue weighted by Gasteiger charge is -2.24. The fourth-order valence-electron chi connectivity index (χ4n) is 1.24. The molecule has 1 aromatic rings. The van der Waals surface area contributed by atoms with Gasteiger partial charge in [-0.15, -0.1) is 0 Å². The third kappa shape index (κ3) is 1.53. The summed E-state index contributed by atoms with van der Waals surface area (Å²) < 4.78 is 5.33. The Morgan fingerprint density at radius 2 is 2.14 bits per heavy atom. The second kappa shape index (κ2) is 3.33. The molecule has 0 aromatic heterocycles. The Labute approximate surface area is 91.0 Å². The van der Waals surface area contributed by atoms with E-state index in [9.17, 15) is 4.79 Å². The lowest BCUT2D eigenvalue weighted by atomic mass is 10.2. The highest BCUT2D eigenvalue weighted by Gasteiger charge is 2.25. The number of amides is 1. The van der Waals surface area contributed by atoms with Gasteiger partial charge in [-0.2, -0.15) is 0 Å². The van der Waals surface area contributed by atoms with Crippen LogP contribution in [0.25, 0.3) is 0 Å². The molecule has 0 fully saturated rings. The zero-order valence-corrected chi connectivity index (χ0v) is 8.82. The van der Waals surface area contributed by atoms with Crippen molar-refractivity contribution in [2.75, 3.05) is 5.32 Å². The molecule has 1 aliphatic rings. The number of carbonyl (C=O) groups is 1. The van der Waals surface area contributed by atoms with Crippen molar-refractivity contribution >= 4 is 34.8 Å². The molecule has 0 aliphatic carbocycles. The Hall–Kier alpha value is -0.930. The number of hydrogen-bond acceptors (Lipinski definition) is 2. The molecule has 0 saturated heterocycles. The molecule has 1 N–H and O–H groups in total. The molecule has 0 radical (unpaired) electrons. The van der Waals surface area contributed by atoms with E-state index >= 15 is 0 Å². The van der Waals surface area contributed by atoms with Crippen LogP contribution in [0.1, 0.15) is 6.92 Å². The van der Waals surface area contributed by atoms with Gasteiger partial charge in [-0.3, -0.25) is 4.79 Å². The monoisotopic (exact) mass is 231 g/mol. The molecule has 1 amide bonds. The van der Waals surface area contributed by atoms with E-state index in [4.69, 9.17) is 27.9 Å². The Morgan fingerprint density at radius 1 is 1.43 bits per heavy atom. The largest absolute Gasteiger partial charge is 0.477 e. The SMILES string of the molecule is CC1Oc2c(Cl)cc(Cl)cc2NC1=O. The molecule has 0 saturated carbocycles. The summed E-state index contributed by atoms with van der Waals surface area (Å²) in [4.78, 5) is 11.3. The van der Waals surface area contributed by atoms with Gasteiger partial charge >= 0.3 is 0 Å². The molecule has 1 atom stereocenters. The van der Waals surface area contributed by atoms with E-state index in [1.807, 2.05) is 0 Å². The molecule has 1 aromatic carbocycles. The summed E-state index contributed by atoms with van der Waals surface area (Å²) in [5, 5.41) is 3.53. The summed E-state index contributed by atoms with van der Waals surface area (Å²) >= 11 is 11.7. The van der Waals surface area contributed by atoms with Gasteiger partial charge in [0.25, 0.3) is 5.91 Å². The number of benzene rings is 1. The van der Waals surface area contributed by atoms with E-state index in [1.165, 1.54) is 0 Å². The van der Waals surface area contributed by atoms with E-state index < -0.39 is 6.10 Å². The first-order valence-corrected chi connectivity index (χ1v) is 4.80. The summed E-state index contributed by atoms with van der Waals surface area (Å²) in [5.74, 6) is 0.277. The Morgan fingerprint density at radius 3 is 2.86 bits per heavy atom. The van der Waals surface area contributed by atoms with Gasteiger partial charge in [0.2, 0.25) is 0 Å². The molecular formula is C9H7Cl2NO2.